The van der Waals surface area contributed by atoms with Gasteiger partial charge < -0.3 is 10.6 Å². The number of nitrogens with two attached hydrogens (primary N) is 1. The quantitative estimate of drug-likeness (QED) is 0.901. The van der Waals surface area contributed by atoms with Gasteiger partial charge >= 0.3 is 0 Å². The van der Waals surface area contributed by atoms with Crippen LogP contribution in [-0.2, 0) is 4.79 Å². The molecule has 1 aliphatic heterocycles. The third-order valence-corrected chi connectivity index (χ3v) is 4.94. The van der Waals surface area contributed by atoms with Gasteiger partial charge in [0.2, 0.25) is 5.91 Å². The highest BCUT2D eigenvalue weighted by atomic mass is 35.5. The van der Waals surface area contributed by atoms with Crippen molar-refractivity contribution in [3.63, 3.8) is 0 Å². The first kappa shape index (κ1) is 19.3. The molecule has 0 spiro atoms. The van der Waals surface area contributed by atoms with Gasteiger partial charge in [0.1, 0.15) is 0 Å². The lowest BCUT2D eigenvalue weighted by Crippen LogP contribution is -2.49. The lowest BCUT2D eigenvalue weighted by molar-refractivity contribution is -0.134. The summed E-state index contributed by atoms with van der Waals surface area (Å²) >= 11 is 5.93. The molecule has 22 heavy (non-hydrogen) atoms. The molecule has 5 heteroatoms. The minimum absolute atomic E-state index is 0. The van der Waals surface area contributed by atoms with Crippen LogP contribution in [0, 0.1) is 5.92 Å². The van der Waals surface area contributed by atoms with Crippen molar-refractivity contribution >= 4 is 29.9 Å². The van der Waals surface area contributed by atoms with E-state index >= 15 is 0 Å². The van der Waals surface area contributed by atoms with Crippen LogP contribution < -0.4 is 5.73 Å². The van der Waals surface area contributed by atoms with Crippen LogP contribution in [0.1, 0.15) is 44.6 Å². The molecule has 0 radical (unpaired) electrons. The molecule has 1 aliphatic rings. The summed E-state index contributed by atoms with van der Waals surface area (Å²) in [7, 11) is 0. The van der Waals surface area contributed by atoms with Crippen molar-refractivity contribution in [3.05, 3.63) is 34.9 Å². The Balaban J connectivity index is 0.00000242. The van der Waals surface area contributed by atoms with Crippen LogP contribution in [0.25, 0.3) is 0 Å². The Hall–Kier alpha value is -0.770. The van der Waals surface area contributed by atoms with E-state index in [4.69, 9.17) is 17.3 Å². The van der Waals surface area contributed by atoms with Crippen molar-refractivity contribution in [2.24, 2.45) is 11.7 Å². The third kappa shape index (κ3) is 4.61. The van der Waals surface area contributed by atoms with Crippen LogP contribution in [0.2, 0.25) is 5.02 Å². The summed E-state index contributed by atoms with van der Waals surface area (Å²) in [4.78, 5) is 14.3. The number of hydrogen-bond donors (Lipinski definition) is 1. The fraction of sp³-hybridized carbons (Fsp3) is 0.588. The van der Waals surface area contributed by atoms with E-state index in [1.807, 2.05) is 24.0 Å². The molecule has 0 unspecified atom stereocenters. The Kier molecular flexibility index (Phi) is 7.67. The molecule has 1 fully saturated rings. The zero-order valence-electron chi connectivity index (χ0n) is 13.3. The molecule has 0 aromatic heterocycles. The summed E-state index contributed by atoms with van der Waals surface area (Å²) in [6.07, 6.45) is 2.94. The van der Waals surface area contributed by atoms with Crippen LogP contribution >= 0.6 is 24.0 Å². The number of benzene rings is 1. The van der Waals surface area contributed by atoms with Crippen molar-refractivity contribution in [2.75, 3.05) is 13.1 Å². The van der Waals surface area contributed by atoms with Gasteiger partial charge in [-0.05, 0) is 42.4 Å². The highest BCUT2D eigenvalue weighted by Crippen LogP contribution is 2.29. The molecular formula is C17H26Cl2N2O. The topological polar surface area (TPSA) is 46.3 Å². The molecule has 0 aliphatic carbocycles. The lowest BCUT2D eigenvalue weighted by atomic mass is 9.89. The van der Waals surface area contributed by atoms with Crippen LogP contribution in [0.4, 0.5) is 0 Å². The van der Waals surface area contributed by atoms with Crippen molar-refractivity contribution < 1.29 is 4.79 Å². The van der Waals surface area contributed by atoms with E-state index in [0.717, 1.165) is 37.4 Å². The number of carbonyl (C=O) groups excluding carboxylic acids is 1. The maximum atomic E-state index is 12.4. The van der Waals surface area contributed by atoms with Crippen LogP contribution in [0.15, 0.2) is 24.3 Å². The first-order valence-corrected chi connectivity index (χ1v) is 8.20. The average Bonchev–Trinajstić information content (AvgIpc) is 2.53. The predicted octanol–water partition coefficient (Wildman–Crippen LogP) is 3.84. The normalized spacial score (nSPS) is 18.5. The number of hydrogen-bond acceptors (Lipinski definition) is 2. The minimum atomic E-state index is -0.359. The van der Waals surface area contributed by atoms with E-state index in [2.05, 4.69) is 19.1 Å². The molecule has 2 N–H and O–H groups in total. The van der Waals surface area contributed by atoms with Crippen LogP contribution in [0.3, 0.4) is 0 Å². The van der Waals surface area contributed by atoms with E-state index in [9.17, 15) is 4.79 Å². The van der Waals surface area contributed by atoms with Crippen LogP contribution in [-0.4, -0.2) is 29.9 Å². The van der Waals surface area contributed by atoms with Gasteiger partial charge in [0.05, 0.1) is 6.04 Å². The van der Waals surface area contributed by atoms with E-state index < -0.39 is 0 Å². The van der Waals surface area contributed by atoms with Crippen LogP contribution in [0.5, 0.6) is 0 Å². The number of amides is 1. The molecule has 2 atom stereocenters. The molecule has 124 valence electrons. The molecule has 1 saturated heterocycles. The highest BCUT2D eigenvalue weighted by molar-refractivity contribution is 6.30. The number of carbonyl (C=O) groups is 1. The number of nitrogens with zero attached hydrogens (tertiary/aromatic N) is 1. The maximum Gasteiger partial charge on any atom is 0.239 e. The van der Waals surface area contributed by atoms with Gasteiger partial charge in [0.25, 0.3) is 0 Å². The van der Waals surface area contributed by atoms with Gasteiger partial charge in [0.15, 0.2) is 0 Å². The first-order valence-electron chi connectivity index (χ1n) is 7.82. The van der Waals surface area contributed by atoms with Crippen molar-refractivity contribution in [1.82, 2.24) is 4.90 Å². The Morgan fingerprint density at radius 2 is 1.86 bits per heavy atom. The molecule has 1 amide bonds. The third-order valence-electron chi connectivity index (χ3n) is 4.69. The fourth-order valence-corrected chi connectivity index (χ4v) is 3.00. The zero-order chi connectivity index (χ0) is 15.4. The predicted molar refractivity (Wildman–Crippen MR) is 94.7 cm³/mol. The molecule has 3 nitrogen and oxygen atoms in total. The van der Waals surface area contributed by atoms with E-state index in [-0.39, 0.29) is 30.3 Å². The van der Waals surface area contributed by atoms with Crippen molar-refractivity contribution in [3.8, 4) is 0 Å². The number of likely N-dealkylation sites (tertiary alicyclic amines) is 1. The molecule has 1 heterocycles. The molecule has 2 rings (SSSR count). The van der Waals surface area contributed by atoms with E-state index in [1.165, 1.54) is 5.56 Å². The Labute approximate surface area is 144 Å². The fourth-order valence-electron chi connectivity index (χ4n) is 2.88. The Morgan fingerprint density at radius 1 is 1.32 bits per heavy atom. The van der Waals surface area contributed by atoms with Gasteiger partial charge in [0, 0.05) is 18.1 Å². The smallest absolute Gasteiger partial charge is 0.239 e. The zero-order valence-corrected chi connectivity index (χ0v) is 14.9. The SMILES string of the molecule is CC[C@H](C)[C@@H](N)C(=O)N1CCC(c2ccc(Cl)cc2)CC1.Cl. The maximum absolute atomic E-state index is 12.4. The van der Waals surface area contributed by atoms with Gasteiger partial charge in [-0.25, -0.2) is 0 Å². The highest BCUT2D eigenvalue weighted by Gasteiger charge is 2.28. The van der Waals surface area contributed by atoms with E-state index in [1.54, 1.807) is 0 Å². The van der Waals surface area contributed by atoms with Gasteiger partial charge in [-0.3, -0.25) is 4.79 Å². The summed E-state index contributed by atoms with van der Waals surface area (Å²) in [5.41, 5.74) is 7.38. The molecule has 1 aromatic rings. The Morgan fingerprint density at radius 3 is 2.36 bits per heavy atom. The standard InChI is InChI=1S/C17H25ClN2O.ClH/c1-3-12(2)16(19)17(21)20-10-8-14(9-11-20)13-4-6-15(18)7-5-13;/h4-7,12,14,16H,3,8-11,19H2,1-2H3;1H/t12-,16+;/m0./s1. The molecular weight excluding hydrogens is 319 g/mol. The van der Waals surface area contributed by atoms with E-state index in [0.29, 0.717) is 5.92 Å². The molecule has 0 bridgehead atoms. The summed E-state index contributed by atoms with van der Waals surface area (Å²) in [6, 6.07) is 7.70. The average molecular weight is 345 g/mol. The number of piperidine rings is 1. The second kappa shape index (κ2) is 8.76. The number of rotatable bonds is 4. The first-order chi connectivity index (χ1) is 10.0. The second-order valence-electron chi connectivity index (χ2n) is 6.06. The summed E-state index contributed by atoms with van der Waals surface area (Å²) in [6.45, 7) is 5.72. The molecule has 1 aromatic carbocycles. The van der Waals surface area contributed by atoms with Crippen molar-refractivity contribution in [1.29, 1.82) is 0 Å². The monoisotopic (exact) mass is 344 g/mol. The van der Waals surface area contributed by atoms with Gasteiger partial charge in [-0.15, -0.1) is 12.4 Å². The minimum Gasteiger partial charge on any atom is -0.341 e. The van der Waals surface area contributed by atoms with Gasteiger partial charge in [-0.2, -0.15) is 0 Å². The van der Waals surface area contributed by atoms with Crippen molar-refractivity contribution in [2.45, 2.75) is 45.1 Å². The second-order valence-corrected chi connectivity index (χ2v) is 6.50. The summed E-state index contributed by atoms with van der Waals surface area (Å²) < 4.78 is 0. The summed E-state index contributed by atoms with van der Waals surface area (Å²) in [5, 5.41) is 0.769. The largest absolute Gasteiger partial charge is 0.341 e. The lowest BCUT2D eigenvalue weighted by Gasteiger charge is -2.34. The van der Waals surface area contributed by atoms with Gasteiger partial charge in [-0.1, -0.05) is 44.0 Å². The summed E-state index contributed by atoms with van der Waals surface area (Å²) in [5.74, 6) is 0.872. The Bertz CT molecular complexity index is 470. The molecule has 0 saturated carbocycles. The number of halogens is 2.